The molecule has 0 atom stereocenters. The third-order valence-corrected chi connectivity index (χ3v) is 5.04. The molecule has 2 aromatic carbocycles. The molecule has 3 aromatic rings. The first-order valence-corrected chi connectivity index (χ1v) is 9.65. The summed E-state index contributed by atoms with van der Waals surface area (Å²) in [7, 11) is 1.60. The predicted molar refractivity (Wildman–Crippen MR) is 117 cm³/mol. The van der Waals surface area contributed by atoms with Crippen molar-refractivity contribution in [1.82, 2.24) is 0 Å². The summed E-state index contributed by atoms with van der Waals surface area (Å²) < 4.78 is 17.1. The Kier molecular flexibility index (Phi) is 5.97. The summed E-state index contributed by atoms with van der Waals surface area (Å²) in [5, 5.41) is 3.92. The summed E-state index contributed by atoms with van der Waals surface area (Å²) in [5.41, 5.74) is 5.26. The molecule has 0 fully saturated rings. The van der Waals surface area contributed by atoms with Crippen molar-refractivity contribution in [2.24, 2.45) is 0 Å². The lowest BCUT2D eigenvalue weighted by Crippen LogP contribution is -2.09. The highest BCUT2D eigenvalue weighted by Crippen LogP contribution is 2.38. The smallest absolute Gasteiger partial charge is 0.248 e. The fourth-order valence-electron chi connectivity index (χ4n) is 3.39. The molecule has 1 heterocycles. The number of benzene rings is 2. The Morgan fingerprint density at radius 1 is 1.17 bits per heavy atom. The molecule has 3 rings (SSSR count). The minimum atomic E-state index is -0.212. The number of methoxy groups -OCH3 is 1. The monoisotopic (exact) mass is 393 g/mol. The normalized spacial score (nSPS) is 11.6. The van der Waals surface area contributed by atoms with Gasteiger partial charge in [-0.25, -0.2) is 0 Å². The largest absolute Gasteiger partial charge is 0.497 e. The second kappa shape index (κ2) is 8.43. The van der Waals surface area contributed by atoms with E-state index in [-0.39, 0.29) is 5.91 Å². The van der Waals surface area contributed by atoms with Gasteiger partial charge in [-0.2, -0.15) is 0 Å². The maximum Gasteiger partial charge on any atom is 0.248 e. The van der Waals surface area contributed by atoms with Crippen LogP contribution in [0.1, 0.15) is 36.3 Å². The average molecular weight is 393 g/mol. The van der Waals surface area contributed by atoms with E-state index >= 15 is 0 Å². The van der Waals surface area contributed by atoms with Gasteiger partial charge in [-0.3, -0.25) is 4.79 Å². The van der Waals surface area contributed by atoms with Crippen LogP contribution >= 0.6 is 0 Å². The van der Waals surface area contributed by atoms with Gasteiger partial charge in [0.1, 0.15) is 22.8 Å². The molecule has 0 saturated heterocycles. The minimum Gasteiger partial charge on any atom is -0.497 e. The van der Waals surface area contributed by atoms with Crippen LogP contribution in [0.15, 0.2) is 40.8 Å². The number of fused-ring (bicyclic) bond motifs is 1. The van der Waals surface area contributed by atoms with Gasteiger partial charge in [0, 0.05) is 34.3 Å². The zero-order valence-corrected chi connectivity index (χ0v) is 17.8. The molecule has 0 saturated carbocycles. The number of nitrogens with one attached hydrogen (secondary N) is 1. The number of carbonyl (C=O) groups is 1. The molecule has 29 heavy (non-hydrogen) atoms. The number of rotatable bonds is 6. The Hall–Kier alpha value is -3.21. The maximum absolute atomic E-state index is 12.6. The summed E-state index contributed by atoms with van der Waals surface area (Å²) in [4.78, 5) is 12.6. The zero-order chi connectivity index (χ0) is 21.1. The van der Waals surface area contributed by atoms with Gasteiger partial charge < -0.3 is 19.2 Å². The lowest BCUT2D eigenvalue weighted by Gasteiger charge is -2.14. The zero-order valence-electron chi connectivity index (χ0n) is 17.8. The Morgan fingerprint density at radius 2 is 1.93 bits per heavy atom. The van der Waals surface area contributed by atoms with Gasteiger partial charge in [-0.15, -0.1) is 0 Å². The Bertz CT molecular complexity index is 1090. The second-order valence-electron chi connectivity index (χ2n) is 7.02. The SMILES string of the molecule is CCOc1c(/C(C)=C/C(=O)Nc2cccc(OC)c2)cc2c(C)c(C)oc2c1C. The third kappa shape index (κ3) is 4.14. The molecule has 0 aliphatic heterocycles. The average Bonchev–Trinajstić information content (AvgIpc) is 2.98. The topological polar surface area (TPSA) is 60.7 Å². The molecule has 152 valence electrons. The van der Waals surface area contributed by atoms with Crippen molar-refractivity contribution >= 4 is 28.1 Å². The van der Waals surface area contributed by atoms with Gasteiger partial charge in [0.2, 0.25) is 5.91 Å². The van der Waals surface area contributed by atoms with E-state index < -0.39 is 0 Å². The van der Waals surface area contributed by atoms with Crippen molar-refractivity contribution in [3.63, 3.8) is 0 Å². The molecular weight excluding hydrogens is 366 g/mol. The van der Waals surface area contributed by atoms with Gasteiger partial charge in [0.15, 0.2) is 0 Å². The molecule has 0 aliphatic carbocycles. The van der Waals surface area contributed by atoms with Crippen molar-refractivity contribution < 1.29 is 18.7 Å². The summed E-state index contributed by atoms with van der Waals surface area (Å²) in [5.74, 6) is 2.11. The molecule has 5 heteroatoms. The van der Waals surface area contributed by atoms with Crippen LogP contribution in [-0.2, 0) is 4.79 Å². The molecule has 0 bridgehead atoms. The van der Waals surface area contributed by atoms with E-state index in [1.807, 2.05) is 58.9 Å². The number of amides is 1. The predicted octanol–water partition coefficient (Wildman–Crippen LogP) is 5.81. The van der Waals surface area contributed by atoms with Crippen LogP contribution in [0.3, 0.4) is 0 Å². The third-order valence-electron chi connectivity index (χ3n) is 5.04. The Balaban J connectivity index is 2.00. The Labute approximate surface area is 171 Å². The quantitative estimate of drug-likeness (QED) is 0.537. The van der Waals surface area contributed by atoms with Gasteiger partial charge in [-0.1, -0.05) is 6.07 Å². The van der Waals surface area contributed by atoms with Crippen LogP contribution in [0, 0.1) is 20.8 Å². The van der Waals surface area contributed by atoms with Crippen LogP contribution < -0.4 is 14.8 Å². The highest BCUT2D eigenvalue weighted by Gasteiger charge is 2.18. The van der Waals surface area contributed by atoms with E-state index in [2.05, 4.69) is 5.32 Å². The van der Waals surface area contributed by atoms with Gasteiger partial charge in [0.05, 0.1) is 13.7 Å². The lowest BCUT2D eigenvalue weighted by atomic mass is 9.98. The number of aryl methyl sites for hydroxylation is 3. The number of allylic oxidation sites excluding steroid dienone is 1. The molecule has 5 nitrogen and oxygen atoms in total. The molecule has 0 radical (unpaired) electrons. The van der Waals surface area contributed by atoms with Crippen molar-refractivity contribution in [2.45, 2.75) is 34.6 Å². The van der Waals surface area contributed by atoms with Crippen LogP contribution in [0.25, 0.3) is 16.5 Å². The standard InChI is InChI=1S/C24H27NO4/c1-7-28-23-16(4)24-21(15(3)17(5)29-24)13-20(23)14(2)11-22(26)25-18-9-8-10-19(12-18)27-6/h8-13H,7H2,1-6H3,(H,25,26)/b14-11+. The number of hydrogen-bond acceptors (Lipinski definition) is 4. The van der Waals surface area contributed by atoms with Gasteiger partial charge >= 0.3 is 0 Å². The Morgan fingerprint density at radius 3 is 2.62 bits per heavy atom. The fraction of sp³-hybridized carbons (Fsp3) is 0.292. The highest BCUT2D eigenvalue weighted by atomic mass is 16.5. The number of hydrogen-bond donors (Lipinski definition) is 1. The lowest BCUT2D eigenvalue weighted by molar-refractivity contribution is -0.111. The summed E-state index contributed by atoms with van der Waals surface area (Å²) in [6.07, 6.45) is 1.59. The summed E-state index contributed by atoms with van der Waals surface area (Å²) in [6, 6.07) is 9.31. The highest BCUT2D eigenvalue weighted by molar-refractivity contribution is 6.05. The number of anilines is 1. The van der Waals surface area contributed by atoms with Gasteiger partial charge in [-0.05, 0) is 64.0 Å². The van der Waals surface area contributed by atoms with Crippen molar-refractivity contribution in [1.29, 1.82) is 0 Å². The van der Waals surface area contributed by atoms with Crippen LogP contribution in [0.4, 0.5) is 5.69 Å². The first-order chi connectivity index (χ1) is 13.8. The van der Waals surface area contributed by atoms with E-state index in [1.165, 1.54) is 0 Å². The fourth-order valence-corrected chi connectivity index (χ4v) is 3.39. The van der Waals surface area contributed by atoms with E-state index in [4.69, 9.17) is 13.9 Å². The molecule has 0 unspecified atom stereocenters. The number of carbonyl (C=O) groups excluding carboxylic acids is 1. The second-order valence-corrected chi connectivity index (χ2v) is 7.02. The van der Waals surface area contributed by atoms with Crippen LogP contribution in [0.2, 0.25) is 0 Å². The summed E-state index contributed by atoms with van der Waals surface area (Å²) in [6.45, 7) is 10.4. The molecule has 1 aromatic heterocycles. The minimum absolute atomic E-state index is 0.212. The first kappa shape index (κ1) is 20.5. The van der Waals surface area contributed by atoms with E-state index in [1.54, 1.807) is 19.3 Å². The van der Waals surface area contributed by atoms with E-state index in [0.29, 0.717) is 18.0 Å². The number of furan rings is 1. The molecule has 1 N–H and O–H groups in total. The molecule has 0 spiro atoms. The number of ether oxygens (including phenoxy) is 2. The maximum atomic E-state index is 12.6. The first-order valence-electron chi connectivity index (χ1n) is 9.65. The van der Waals surface area contributed by atoms with E-state index in [0.717, 1.165) is 44.7 Å². The van der Waals surface area contributed by atoms with Crippen LogP contribution in [0.5, 0.6) is 11.5 Å². The van der Waals surface area contributed by atoms with Gasteiger partial charge in [0.25, 0.3) is 0 Å². The van der Waals surface area contributed by atoms with Crippen molar-refractivity contribution in [3.8, 4) is 11.5 Å². The molecule has 1 amide bonds. The van der Waals surface area contributed by atoms with E-state index in [9.17, 15) is 4.79 Å². The van der Waals surface area contributed by atoms with Crippen molar-refractivity contribution in [2.75, 3.05) is 19.0 Å². The van der Waals surface area contributed by atoms with Crippen molar-refractivity contribution in [3.05, 3.63) is 58.9 Å². The summed E-state index contributed by atoms with van der Waals surface area (Å²) >= 11 is 0. The van der Waals surface area contributed by atoms with Crippen LogP contribution in [-0.4, -0.2) is 19.6 Å². The molecular formula is C24H27NO4. The molecule has 0 aliphatic rings.